The molecule has 4 nitrogen and oxygen atoms in total. The number of halogens is 1. The van der Waals surface area contributed by atoms with Crippen molar-refractivity contribution in [2.45, 2.75) is 129 Å². The summed E-state index contributed by atoms with van der Waals surface area (Å²) in [5.41, 5.74) is 2.43. The van der Waals surface area contributed by atoms with E-state index in [2.05, 4.69) is 41.1 Å². The molecule has 0 spiro atoms. The second kappa shape index (κ2) is 19.4. The van der Waals surface area contributed by atoms with Gasteiger partial charge in [-0.15, -0.1) is 0 Å². The maximum absolute atomic E-state index is 13.8. The zero-order valence-electron chi connectivity index (χ0n) is 24.9. The minimum atomic E-state index is -0.474. The van der Waals surface area contributed by atoms with Crippen molar-refractivity contribution in [3.8, 4) is 0 Å². The van der Waals surface area contributed by atoms with Gasteiger partial charge in [0.05, 0.1) is 16.6 Å². The number of rotatable bonds is 22. The highest BCUT2D eigenvalue weighted by atomic mass is 19.1. The van der Waals surface area contributed by atoms with Gasteiger partial charge in [0.1, 0.15) is 11.6 Å². The third-order valence-electron chi connectivity index (χ3n) is 7.95. The van der Waals surface area contributed by atoms with Crippen LogP contribution in [0.4, 0.5) is 4.39 Å². The first-order valence-corrected chi connectivity index (χ1v) is 16.2. The van der Waals surface area contributed by atoms with Gasteiger partial charge in [-0.3, -0.25) is 4.79 Å². The minimum absolute atomic E-state index is 0.111. The lowest BCUT2D eigenvalue weighted by molar-refractivity contribution is 0.0949. The smallest absolute Gasteiger partial charge is 0.254 e. The Hall–Kier alpha value is -2.69. The minimum Gasteiger partial charge on any atom is -0.352 e. The maximum atomic E-state index is 13.8. The monoisotopic (exact) mass is 549 g/mol. The van der Waals surface area contributed by atoms with E-state index in [1.807, 2.05) is 0 Å². The van der Waals surface area contributed by atoms with Gasteiger partial charge in [-0.05, 0) is 43.5 Å². The summed E-state index contributed by atoms with van der Waals surface area (Å²) < 4.78 is 16.2. The predicted octanol–water partition coefficient (Wildman–Crippen LogP) is 9.80. The van der Waals surface area contributed by atoms with Crippen molar-refractivity contribution in [3.05, 3.63) is 65.7 Å². The molecule has 0 fully saturated rings. The summed E-state index contributed by atoms with van der Waals surface area (Å²) in [4.78, 5) is 17.1. The average Bonchev–Trinajstić information content (AvgIpc) is 3.32. The molecule has 1 N–H and O–H groups in total. The molecule has 0 radical (unpaired) electrons. The average molecular weight is 550 g/mol. The van der Waals surface area contributed by atoms with E-state index in [-0.39, 0.29) is 11.5 Å². The zero-order valence-corrected chi connectivity index (χ0v) is 24.9. The van der Waals surface area contributed by atoms with Crippen LogP contribution in [0.15, 0.2) is 48.5 Å². The van der Waals surface area contributed by atoms with E-state index >= 15 is 0 Å². The molecular formula is C35H52FN3O. The number of nitrogens with zero attached hydrogens (tertiary/aromatic N) is 2. The Morgan fingerprint density at radius 1 is 0.725 bits per heavy atom. The van der Waals surface area contributed by atoms with Crippen molar-refractivity contribution in [1.82, 2.24) is 14.9 Å². The summed E-state index contributed by atoms with van der Waals surface area (Å²) in [7, 11) is 0. The Kier molecular flexibility index (Phi) is 15.4. The van der Waals surface area contributed by atoms with Gasteiger partial charge in [-0.1, -0.05) is 121 Å². The Labute approximate surface area is 242 Å². The second-order valence-corrected chi connectivity index (χ2v) is 11.3. The molecule has 0 unspecified atom stereocenters. The molecule has 3 aromatic rings. The molecule has 0 aliphatic carbocycles. The number of nitrogens with one attached hydrogen (secondary N) is 1. The van der Waals surface area contributed by atoms with Gasteiger partial charge >= 0.3 is 0 Å². The van der Waals surface area contributed by atoms with Crippen LogP contribution in [-0.4, -0.2) is 22.0 Å². The summed E-state index contributed by atoms with van der Waals surface area (Å²) >= 11 is 0. The van der Waals surface area contributed by atoms with Crippen molar-refractivity contribution in [1.29, 1.82) is 0 Å². The number of unbranched alkanes of at least 4 members (excludes halogenated alkanes) is 15. The quantitative estimate of drug-likeness (QED) is 0.127. The number of fused-ring (bicyclic) bond motifs is 1. The normalized spacial score (nSPS) is 11.3. The molecule has 1 aromatic heterocycles. The SMILES string of the molecule is CCCCCCCCCCCCCCCCn1c(CCCCCNC(=O)c2ccccc2F)nc2ccccc21. The van der Waals surface area contributed by atoms with Crippen LogP contribution < -0.4 is 5.32 Å². The standard InChI is InChI=1S/C35H52FN3O/c1-2-3-4-5-6-7-8-9-10-11-12-13-14-22-29-39-33-26-20-19-25-32(33)38-34(39)27-16-15-21-28-37-35(40)30-23-17-18-24-31(30)36/h17-20,23-26H,2-16,21-22,27-29H2,1H3,(H,37,40). The number of imidazole rings is 1. The molecule has 0 bridgehead atoms. The Balaban J connectivity index is 1.28. The molecule has 2 aromatic carbocycles. The van der Waals surface area contributed by atoms with Gasteiger partial charge in [0.15, 0.2) is 0 Å². The molecule has 0 aliphatic heterocycles. The Morgan fingerprint density at radius 3 is 1.98 bits per heavy atom. The molecule has 5 heteroatoms. The first-order valence-electron chi connectivity index (χ1n) is 16.2. The van der Waals surface area contributed by atoms with E-state index in [9.17, 15) is 9.18 Å². The van der Waals surface area contributed by atoms with E-state index in [4.69, 9.17) is 4.98 Å². The van der Waals surface area contributed by atoms with E-state index in [0.29, 0.717) is 6.54 Å². The first kappa shape index (κ1) is 31.8. The fourth-order valence-corrected chi connectivity index (χ4v) is 5.56. The third kappa shape index (κ3) is 11.4. The summed E-state index contributed by atoms with van der Waals surface area (Å²) in [6.45, 7) is 3.88. The Bertz CT molecular complexity index is 1110. The van der Waals surface area contributed by atoms with Crippen molar-refractivity contribution in [3.63, 3.8) is 0 Å². The lowest BCUT2D eigenvalue weighted by Crippen LogP contribution is -2.25. The zero-order chi connectivity index (χ0) is 28.3. The van der Waals surface area contributed by atoms with Crippen LogP contribution in [0.2, 0.25) is 0 Å². The van der Waals surface area contributed by atoms with Crippen molar-refractivity contribution in [2.75, 3.05) is 6.54 Å². The first-order chi connectivity index (χ1) is 19.7. The number of carbonyl (C=O) groups is 1. The van der Waals surface area contributed by atoms with Crippen LogP contribution in [0.3, 0.4) is 0 Å². The van der Waals surface area contributed by atoms with E-state index in [0.717, 1.165) is 37.7 Å². The third-order valence-corrected chi connectivity index (χ3v) is 7.95. The molecule has 0 aliphatic rings. The lowest BCUT2D eigenvalue weighted by atomic mass is 10.0. The van der Waals surface area contributed by atoms with E-state index in [1.54, 1.807) is 12.1 Å². The lowest BCUT2D eigenvalue weighted by Gasteiger charge is -2.10. The van der Waals surface area contributed by atoms with Gasteiger partial charge < -0.3 is 9.88 Å². The van der Waals surface area contributed by atoms with Crippen LogP contribution in [0, 0.1) is 5.82 Å². The predicted molar refractivity (Wildman–Crippen MR) is 166 cm³/mol. The van der Waals surface area contributed by atoms with E-state index in [1.165, 1.54) is 113 Å². The number of para-hydroxylation sites is 2. The number of benzene rings is 2. The van der Waals surface area contributed by atoms with Gasteiger partial charge in [-0.25, -0.2) is 9.37 Å². The second-order valence-electron chi connectivity index (χ2n) is 11.3. The topological polar surface area (TPSA) is 46.9 Å². The molecule has 1 heterocycles. The number of aryl methyl sites for hydroxylation is 2. The highest BCUT2D eigenvalue weighted by Gasteiger charge is 2.11. The van der Waals surface area contributed by atoms with Gasteiger partial charge in [0, 0.05) is 19.5 Å². The van der Waals surface area contributed by atoms with E-state index < -0.39 is 5.82 Å². The summed E-state index contributed by atoms with van der Waals surface area (Å²) in [6, 6.07) is 14.6. The van der Waals surface area contributed by atoms with Crippen LogP contribution in [0.1, 0.15) is 132 Å². The van der Waals surface area contributed by atoms with Gasteiger partial charge in [0.2, 0.25) is 0 Å². The molecule has 40 heavy (non-hydrogen) atoms. The van der Waals surface area contributed by atoms with Crippen molar-refractivity contribution in [2.24, 2.45) is 0 Å². The van der Waals surface area contributed by atoms with Gasteiger partial charge in [-0.2, -0.15) is 0 Å². The van der Waals surface area contributed by atoms with Crippen LogP contribution in [0.25, 0.3) is 11.0 Å². The molecule has 0 saturated heterocycles. The van der Waals surface area contributed by atoms with Gasteiger partial charge in [0.25, 0.3) is 5.91 Å². The molecule has 0 saturated carbocycles. The molecule has 220 valence electrons. The number of aromatic nitrogens is 2. The number of carbonyl (C=O) groups excluding carboxylic acids is 1. The highest BCUT2D eigenvalue weighted by molar-refractivity contribution is 5.94. The number of amides is 1. The number of hydrogen-bond acceptors (Lipinski definition) is 2. The fraction of sp³-hybridized carbons (Fsp3) is 0.600. The molecular weight excluding hydrogens is 497 g/mol. The summed E-state index contributed by atoms with van der Waals surface area (Å²) in [6.07, 6.45) is 23.1. The van der Waals surface area contributed by atoms with Crippen LogP contribution in [-0.2, 0) is 13.0 Å². The van der Waals surface area contributed by atoms with Crippen LogP contribution >= 0.6 is 0 Å². The number of hydrogen-bond donors (Lipinski definition) is 1. The summed E-state index contributed by atoms with van der Waals surface area (Å²) in [5.74, 6) is 0.358. The fourth-order valence-electron chi connectivity index (χ4n) is 5.56. The highest BCUT2D eigenvalue weighted by Crippen LogP contribution is 2.20. The largest absolute Gasteiger partial charge is 0.352 e. The Morgan fingerprint density at radius 2 is 1.30 bits per heavy atom. The molecule has 1 amide bonds. The molecule has 3 rings (SSSR count). The molecule has 0 atom stereocenters. The van der Waals surface area contributed by atoms with Crippen molar-refractivity contribution < 1.29 is 9.18 Å². The van der Waals surface area contributed by atoms with Crippen LogP contribution in [0.5, 0.6) is 0 Å². The van der Waals surface area contributed by atoms with Crippen molar-refractivity contribution >= 4 is 16.9 Å². The maximum Gasteiger partial charge on any atom is 0.254 e. The summed E-state index contributed by atoms with van der Waals surface area (Å²) in [5, 5.41) is 2.84.